The lowest BCUT2D eigenvalue weighted by atomic mass is 9.88. The van der Waals surface area contributed by atoms with E-state index in [2.05, 4.69) is 0 Å². The zero-order valence-corrected chi connectivity index (χ0v) is 16.0. The number of halogens is 17. The normalized spacial score (nSPS) is 15.5. The van der Waals surface area contributed by atoms with Gasteiger partial charge in [0.1, 0.15) is 6.61 Å². The fourth-order valence-electron chi connectivity index (χ4n) is 1.82. The van der Waals surface area contributed by atoms with Crippen LogP contribution < -0.4 is 0 Å². The van der Waals surface area contributed by atoms with E-state index in [1.165, 1.54) is 0 Å². The van der Waals surface area contributed by atoms with Crippen molar-refractivity contribution in [2.24, 2.45) is 0 Å². The number of hydrogen-bond donors (Lipinski definition) is 1. The van der Waals surface area contributed by atoms with Crippen molar-refractivity contribution >= 4 is 22.0 Å². The largest absolute Gasteiger partial charge is 0.460 e. The zero-order chi connectivity index (χ0) is 28.0. The van der Waals surface area contributed by atoms with Crippen LogP contribution in [0, 0.1) is 0 Å². The summed E-state index contributed by atoms with van der Waals surface area (Å²) in [7, 11) is 0. The molecule has 0 amide bonds. The lowest BCUT2D eigenvalue weighted by Gasteiger charge is -2.42. The van der Waals surface area contributed by atoms with Gasteiger partial charge in [0.15, 0.2) is 5.12 Å². The Morgan fingerprint density at radius 3 is 1.18 bits per heavy atom. The van der Waals surface area contributed by atoms with Crippen LogP contribution in [0.1, 0.15) is 12.8 Å². The van der Waals surface area contributed by atoms with Gasteiger partial charge in [-0.1, -0.05) is 0 Å². The fraction of sp³-hybridized carbons (Fsp3) is 0.846. The van der Waals surface area contributed by atoms with Crippen LogP contribution >= 0.6 is 11.8 Å². The second-order valence-corrected chi connectivity index (χ2v) is 7.27. The minimum Gasteiger partial charge on any atom is -0.388 e. The van der Waals surface area contributed by atoms with Gasteiger partial charge in [-0.25, -0.2) is 0 Å². The lowest BCUT2D eigenvalue weighted by Crippen LogP contribution is -2.74. The van der Waals surface area contributed by atoms with E-state index in [1.54, 1.807) is 0 Å². The SMILES string of the molecule is O=C(CO)SC(=O)CCC(F)(F)C(F)(F)C(F)(F)C(F)(F)C(F)(F)C(F)(F)C(F)(F)C(F)(F)F. The first kappa shape index (κ1) is 32.5. The second-order valence-electron chi connectivity index (χ2n) is 6.15. The van der Waals surface area contributed by atoms with E-state index in [1.807, 2.05) is 0 Å². The summed E-state index contributed by atoms with van der Waals surface area (Å²) in [5, 5.41) is 4.84. The number of aliphatic hydroxyl groups excluding tert-OH is 1. The van der Waals surface area contributed by atoms with Crippen LogP contribution in [0.5, 0.6) is 0 Å². The summed E-state index contributed by atoms with van der Waals surface area (Å²) in [4.78, 5) is 21.7. The first-order valence-corrected chi connectivity index (χ1v) is 8.47. The molecule has 0 spiro atoms. The van der Waals surface area contributed by atoms with Crippen molar-refractivity contribution in [1.29, 1.82) is 0 Å². The number of rotatable bonds is 10. The third-order valence-corrected chi connectivity index (χ3v) is 4.58. The molecule has 0 rings (SSSR count). The Hall–Kier alpha value is -1.54. The first-order valence-electron chi connectivity index (χ1n) is 7.66. The average Bonchev–Trinajstić information content (AvgIpc) is 2.64. The summed E-state index contributed by atoms with van der Waals surface area (Å²) in [5.74, 6) is -57.2. The number of alkyl halides is 17. The summed E-state index contributed by atoms with van der Waals surface area (Å²) in [6.45, 7) is -1.45. The van der Waals surface area contributed by atoms with Gasteiger partial charge in [-0.05, 0) is 11.8 Å². The molecule has 0 aromatic rings. The van der Waals surface area contributed by atoms with Crippen molar-refractivity contribution in [3.63, 3.8) is 0 Å². The molecule has 0 atom stereocenters. The molecular weight excluding hydrogens is 559 g/mol. The highest BCUT2D eigenvalue weighted by Crippen LogP contribution is 2.64. The molecule has 0 aromatic heterocycles. The maximum absolute atomic E-state index is 13.5. The van der Waals surface area contributed by atoms with Gasteiger partial charge in [-0.15, -0.1) is 0 Å². The average molecular weight is 566 g/mol. The molecule has 21 heteroatoms. The number of hydrogen-bond acceptors (Lipinski definition) is 4. The van der Waals surface area contributed by atoms with Crippen LogP contribution in [0.25, 0.3) is 0 Å². The monoisotopic (exact) mass is 566 g/mol. The summed E-state index contributed by atoms with van der Waals surface area (Å²) < 4.78 is 221. The third kappa shape index (κ3) is 4.90. The van der Waals surface area contributed by atoms with Gasteiger partial charge in [0.05, 0.1) is 0 Å². The Morgan fingerprint density at radius 2 is 0.853 bits per heavy atom. The zero-order valence-electron chi connectivity index (χ0n) is 15.2. The van der Waals surface area contributed by atoms with Crippen LogP contribution in [0.2, 0.25) is 0 Å². The number of thioether (sulfide) groups is 1. The van der Waals surface area contributed by atoms with Crippen molar-refractivity contribution in [1.82, 2.24) is 0 Å². The van der Waals surface area contributed by atoms with Gasteiger partial charge in [-0.3, -0.25) is 9.59 Å². The molecule has 0 radical (unpaired) electrons. The molecule has 0 fully saturated rings. The van der Waals surface area contributed by atoms with Crippen molar-refractivity contribution in [2.45, 2.75) is 60.5 Å². The molecule has 3 nitrogen and oxygen atoms in total. The molecule has 0 aliphatic carbocycles. The van der Waals surface area contributed by atoms with Crippen molar-refractivity contribution < 1.29 is 89.3 Å². The number of aliphatic hydroxyl groups is 1. The second kappa shape index (κ2) is 9.16. The van der Waals surface area contributed by atoms with Crippen molar-refractivity contribution in [2.75, 3.05) is 6.61 Å². The molecule has 0 aliphatic heterocycles. The van der Waals surface area contributed by atoms with E-state index in [4.69, 9.17) is 5.11 Å². The maximum atomic E-state index is 13.5. The molecule has 1 N–H and O–H groups in total. The number of carbonyl (C=O) groups is 2. The van der Waals surface area contributed by atoms with E-state index >= 15 is 0 Å². The Morgan fingerprint density at radius 1 is 0.529 bits per heavy atom. The highest BCUT2D eigenvalue weighted by Gasteiger charge is 2.95. The summed E-state index contributed by atoms with van der Waals surface area (Å²) >= 11 is -0.674. The van der Waals surface area contributed by atoms with Crippen LogP contribution in [-0.2, 0) is 9.59 Å². The lowest BCUT2D eigenvalue weighted by molar-refractivity contribution is -0.461. The quantitative estimate of drug-likeness (QED) is 0.353. The maximum Gasteiger partial charge on any atom is 0.460 e. The van der Waals surface area contributed by atoms with Gasteiger partial charge >= 0.3 is 47.6 Å². The molecule has 0 bridgehead atoms. The highest BCUT2D eigenvalue weighted by molar-refractivity contribution is 8.26. The summed E-state index contributed by atoms with van der Waals surface area (Å²) in [5.41, 5.74) is 0. The van der Waals surface area contributed by atoms with E-state index in [0.717, 1.165) is 0 Å². The van der Waals surface area contributed by atoms with E-state index in [9.17, 15) is 84.2 Å². The predicted molar refractivity (Wildman–Crippen MR) is 74.6 cm³/mol. The highest BCUT2D eigenvalue weighted by atomic mass is 32.2. The molecule has 0 aliphatic rings. The van der Waals surface area contributed by atoms with Crippen molar-refractivity contribution in [3.05, 3.63) is 0 Å². The molecule has 202 valence electrons. The van der Waals surface area contributed by atoms with Crippen molar-refractivity contribution in [3.8, 4) is 0 Å². The van der Waals surface area contributed by atoms with Crippen LogP contribution in [0.4, 0.5) is 74.6 Å². The van der Waals surface area contributed by atoms with Gasteiger partial charge in [0, 0.05) is 12.8 Å². The Balaban J connectivity index is 6.34. The Kier molecular flexibility index (Phi) is 8.74. The molecule has 34 heavy (non-hydrogen) atoms. The van der Waals surface area contributed by atoms with Gasteiger partial charge in [0.25, 0.3) is 0 Å². The minimum atomic E-state index is -8.72. The topological polar surface area (TPSA) is 54.4 Å². The first-order chi connectivity index (χ1) is 14.6. The van der Waals surface area contributed by atoms with E-state index in [0.29, 0.717) is 0 Å². The Labute approximate surface area is 179 Å². The minimum absolute atomic E-state index is 0.674. The molecule has 0 saturated carbocycles. The fourth-order valence-corrected chi connectivity index (χ4v) is 2.35. The van der Waals surface area contributed by atoms with Gasteiger partial charge in [0.2, 0.25) is 5.12 Å². The van der Waals surface area contributed by atoms with Gasteiger partial charge < -0.3 is 5.11 Å². The van der Waals surface area contributed by atoms with E-state index < -0.39 is 89.1 Å². The van der Waals surface area contributed by atoms with Crippen LogP contribution in [0.15, 0.2) is 0 Å². The molecule has 0 heterocycles. The van der Waals surface area contributed by atoms with Crippen LogP contribution in [-0.4, -0.2) is 69.6 Å². The smallest absolute Gasteiger partial charge is 0.388 e. The summed E-state index contributed by atoms with van der Waals surface area (Å²) in [6, 6.07) is 0. The summed E-state index contributed by atoms with van der Waals surface area (Å²) in [6.07, 6.45) is -12.9. The Bertz CT molecular complexity index is 773. The third-order valence-electron chi connectivity index (χ3n) is 3.79. The number of carbonyl (C=O) groups excluding carboxylic acids is 2. The molecule has 0 saturated heterocycles. The van der Waals surface area contributed by atoms with E-state index in [-0.39, 0.29) is 0 Å². The van der Waals surface area contributed by atoms with Gasteiger partial charge in [-0.2, -0.15) is 74.6 Å². The molecule has 0 aromatic carbocycles. The standard InChI is InChI=1S/C13H7F17O3S/c14-6(15,2-1-4(32)34-5(33)3-31)7(16,17)8(18,19)9(20,21)10(22,23)11(24,25)12(26,27)13(28,29)30/h31H,1-3H2. The predicted octanol–water partition coefficient (Wildman–Crippen LogP) is 5.55. The van der Waals surface area contributed by atoms with Crippen LogP contribution in [0.3, 0.4) is 0 Å². The molecular formula is C13H7F17O3S. The molecule has 0 unspecified atom stereocenters.